The van der Waals surface area contributed by atoms with Crippen molar-refractivity contribution in [2.75, 3.05) is 0 Å². The van der Waals surface area contributed by atoms with E-state index in [1.54, 1.807) is 24.3 Å². The maximum absolute atomic E-state index is 12.8. The number of hydrogen-bond donors (Lipinski definition) is 0. The van der Waals surface area contributed by atoms with Crippen molar-refractivity contribution in [3.8, 4) is 5.75 Å². The van der Waals surface area contributed by atoms with Crippen LogP contribution in [0.5, 0.6) is 5.75 Å². The molecule has 12 heteroatoms. The van der Waals surface area contributed by atoms with Gasteiger partial charge in [-0.15, -0.1) is 0 Å². The van der Waals surface area contributed by atoms with Crippen LogP contribution in [-0.4, -0.2) is 29.4 Å². The smallest absolute Gasteiger partial charge is 0.339 e. The third-order valence-electron chi connectivity index (χ3n) is 5.15. The number of carbonyl (C=O) groups is 2. The average molecular weight is 545 g/mol. The predicted octanol–water partition coefficient (Wildman–Crippen LogP) is 5.56. The summed E-state index contributed by atoms with van der Waals surface area (Å²) in [6, 6.07) is 16.2. The Kier molecular flexibility index (Phi) is 7.16. The number of rotatable bonds is 7. The number of thioether (sulfide) groups is 1. The summed E-state index contributed by atoms with van der Waals surface area (Å²) in [5, 5.41) is 11.2. The van der Waals surface area contributed by atoms with Crippen molar-refractivity contribution >= 4 is 56.4 Å². The van der Waals surface area contributed by atoms with E-state index in [0.29, 0.717) is 21.7 Å². The van der Waals surface area contributed by atoms with Gasteiger partial charge in [0, 0.05) is 16.7 Å². The minimum Gasteiger partial charge on any atom is -0.379 e. The Morgan fingerprint density at radius 3 is 2.47 bits per heavy atom. The van der Waals surface area contributed by atoms with Gasteiger partial charge in [0.15, 0.2) is 0 Å². The van der Waals surface area contributed by atoms with Crippen molar-refractivity contribution in [3.05, 3.63) is 103 Å². The molecule has 1 aliphatic rings. The number of nitro groups is 1. The maximum Gasteiger partial charge on any atom is 0.339 e. The second-order valence-corrected chi connectivity index (χ2v) is 10.7. The van der Waals surface area contributed by atoms with Gasteiger partial charge in [-0.1, -0.05) is 41.9 Å². The largest absolute Gasteiger partial charge is 0.379 e. The lowest BCUT2D eigenvalue weighted by Crippen LogP contribution is -2.27. The quantitative estimate of drug-likeness (QED) is 0.164. The summed E-state index contributed by atoms with van der Waals surface area (Å²) in [5.74, 6) is -0.474. The highest BCUT2D eigenvalue weighted by atomic mass is 35.5. The van der Waals surface area contributed by atoms with Crippen molar-refractivity contribution in [2.45, 2.75) is 18.4 Å². The van der Waals surface area contributed by atoms with Gasteiger partial charge in [-0.2, -0.15) is 8.42 Å². The molecule has 3 aromatic rings. The van der Waals surface area contributed by atoms with Gasteiger partial charge in [0.05, 0.1) is 16.4 Å². The topological polar surface area (TPSA) is 124 Å². The molecule has 0 saturated carbocycles. The standard InChI is InChI=1S/C24H17ClN2O7S2/c1-15-5-10-20(13-21(15)27(30)31)36(32,33)34-19-8-6-16(7-9-19)12-22-23(28)26(24(29)35-22)14-17-3-2-4-18(25)11-17/h2-13H,14H2,1H3/b22-12-. The summed E-state index contributed by atoms with van der Waals surface area (Å²) in [6.07, 6.45) is 1.52. The number of nitrogens with zero attached hydrogens (tertiary/aromatic N) is 2. The predicted molar refractivity (Wildman–Crippen MR) is 135 cm³/mol. The molecule has 0 atom stereocenters. The molecule has 0 aliphatic carbocycles. The summed E-state index contributed by atoms with van der Waals surface area (Å²) in [6.45, 7) is 1.59. The Bertz CT molecular complexity index is 1520. The van der Waals surface area contributed by atoms with Gasteiger partial charge in [0.2, 0.25) is 0 Å². The normalized spacial score (nSPS) is 14.9. The Labute approximate surface area is 215 Å². The summed E-state index contributed by atoms with van der Waals surface area (Å²) in [5.41, 5.74) is 1.24. The number of imide groups is 1. The molecule has 184 valence electrons. The fourth-order valence-electron chi connectivity index (χ4n) is 3.34. The number of hydrogen-bond acceptors (Lipinski definition) is 8. The molecule has 0 bridgehead atoms. The van der Waals surface area contributed by atoms with Crippen LogP contribution in [0.25, 0.3) is 6.08 Å². The molecule has 36 heavy (non-hydrogen) atoms. The second kappa shape index (κ2) is 10.1. The minimum atomic E-state index is -4.32. The summed E-state index contributed by atoms with van der Waals surface area (Å²) >= 11 is 6.77. The van der Waals surface area contributed by atoms with Gasteiger partial charge in [0.25, 0.3) is 16.8 Å². The second-order valence-electron chi connectivity index (χ2n) is 7.71. The number of nitro benzene ring substituents is 1. The maximum atomic E-state index is 12.8. The summed E-state index contributed by atoms with van der Waals surface area (Å²) in [4.78, 5) is 36.6. The molecule has 1 saturated heterocycles. The molecule has 3 aromatic carbocycles. The molecular weight excluding hydrogens is 528 g/mol. The summed E-state index contributed by atoms with van der Waals surface area (Å²) in [7, 11) is -4.32. The Morgan fingerprint density at radius 1 is 1.08 bits per heavy atom. The van der Waals surface area contributed by atoms with E-state index in [4.69, 9.17) is 15.8 Å². The van der Waals surface area contributed by atoms with Gasteiger partial charge in [-0.3, -0.25) is 24.6 Å². The number of benzene rings is 3. The Morgan fingerprint density at radius 2 is 1.81 bits per heavy atom. The molecule has 1 aliphatic heterocycles. The molecule has 0 radical (unpaired) electrons. The number of carbonyl (C=O) groups excluding carboxylic acids is 2. The minimum absolute atomic E-state index is 0.0237. The fourth-order valence-corrected chi connectivity index (χ4v) is 5.34. The molecule has 0 unspecified atom stereocenters. The Hall–Kier alpha value is -3.67. The zero-order valence-electron chi connectivity index (χ0n) is 18.6. The average Bonchev–Trinajstić information content (AvgIpc) is 3.07. The van der Waals surface area contributed by atoms with Crippen LogP contribution >= 0.6 is 23.4 Å². The highest BCUT2D eigenvalue weighted by Gasteiger charge is 2.35. The molecule has 4 rings (SSSR count). The number of halogens is 1. The highest BCUT2D eigenvalue weighted by molar-refractivity contribution is 8.18. The molecule has 0 N–H and O–H groups in total. The number of amides is 2. The van der Waals surface area contributed by atoms with Crippen LogP contribution in [0.3, 0.4) is 0 Å². The molecule has 9 nitrogen and oxygen atoms in total. The molecule has 2 amide bonds. The van der Waals surface area contributed by atoms with E-state index < -0.39 is 26.2 Å². The van der Waals surface area contributed by atoms with Crippen LogP contribution in [-0.2, 0) is 21.5 Å². The van der Waals surface area contributed by atoms with Crippen LogP contribution in [0.1, 0.15) is 16.7 Å². The van der Waals surface area contributed by atoms with Crippen LogP contribution in [0.4, 0.5) is 10.5 Å². The summed E-state index contributed by atoms with van der Waals surface area (Å²) < 4.78 is 30.3. The molecule has 1 heterocycles. The first-order valence-electron chi connectivity index (χ1n) is 10.3. The fraction of sp³-hybridized carbons (Fsp3) is 0.0833. The lowest BCUT2D eigenvalue weighted by atomic mass is 10.2. The SMILES string of the molecule is Cc1ccc(S(=O)(=O)Oc2ccc(/C=C3\SC(=O)N(Cc4cccc(Cl)c4)C3=O)cc2)cc1[N+](=O)[O-]. The third kappa shape index (κ3) is 5.59. The van der Waals surface area contributed by atoms with E-state index in [2.05, 4.69) is 0 Å². The number of aryl methyl sites for hydroxylation is 1. The lowest BCUT2D eigenvalue weighted by molar-refractivity contribution is -0.385. The van der Waals surface area contributed by atoms with E-state index in [1.807, 2.05) is 0 Å². The van der Waals surface area contributed by atoms with E-state index >= 15 is 0 Å². The van der Waals surface area contributed by atoms with Crippen molar-refractivity contribution in [3.63, 3.8) is 0 Å². The van der Waals surface area contributed by atoms with Crippen molar-refractivity contribution < 1.29 is 27.1 Å². The van der Waals surface area contributed by atoms with Crippen molar-refractivity contribution in [1.82, 2.24) is 4.90 Å². The first kappa shape index (κ1) is 25.4. The van der Waals surface area contributed by atoms with E-state index in [1.165, 1.54) is 49.4 Å². The van der Waals surface area contributed by atoms with Crippen molar-refractivity contribution in [1.29, 1.82) is 0 Å². The molecule has 0 spiro atoms. The van der Waals surface area contributed by atoms with Crippen LogP contribution in [0.2, 0.25) is 5.02 Å². The zero-order valence-corrected chi connectivity index (χ0v) is 21.0. The highest BCUT2D eigenvalue weighted by Crippen LogP contribution is 2.34. The zero-order chi connectivity index (χ0) is 26.0. The third-order valence-corrected chi connectivity index (χ3v) is 7.54. The van der Waals surface area contributed by atoms with Gasteiger partial charge in [-0.05, 0) is 66.2 Å². The Balaban J connectivity index is 1.48. The van der Waals surface area contributed by atoms with E-state index in [0.717, 1.165) is 22.7 Å². The van der Waals surface area contributed by atoms with E-state index in [-0.39, 0.29) is 27.8 Å². The van der Waals surface area contributed by atoms with Crippen LogP contribution < -0.4 is 4.18 Å². The van der Waals surface area contributed by atoms with Gasteiger partial charge in [-0.25, -0.2) is 0 Å². The van der Waals surface area contributed by atoms with Gasteiger partial charge in [0.1, 0.15) is 10.6 Å². The van der Waals surface area contributed by atoms with Crippen molar-refractivity contribution in [2.24, 2.45) is 0 Å². The van der Waals surface area contributed by atoms with E-state index in [9.17, 15) is 28.1 Å². The molecule has 0 aromatic heterocycles. The van der Waals surface area contributed by atoms with Crippen LogP contribution in [0.15, 0.2) is 76.5 Å². The van der Waals surface area contributed by atoms with Gasteiger partial charge < -0.3 is 4.18 Å². The molecular formula is C24H17ClN2O7S2. The van der Waals surface area contributed by atoms with Gasteiger partial charge >= 0.3 is 10.1 Å². The first-order valence-corrected chi connectivity index (χ1v) is 12.9. The molecule has 1 fully saturated rings. The monoisotopic (exact) mass is 544 g/mol. The first-order chi connectivity index (χ1) is 17.0. The lowest BCUT2D eigenvalue weighted by Gasteiger charge is -2.12. The van der Waals surface area contributed by atoms with Crippen LogP contribution in [0, 0.1) is 17.0 Å².